The molecule has 4 unspecified atom stereocenters. The first-order valence-electron chi connectivity index (χ1n) is 5.98. The van der Waals surface area contributed by atoms with E-state index in [1.54, 1.807) is 0 Å². The molecule has 1 aliphatic rings. The molecule has 1 rings (SSSR count). The second kappa shape index (κ2) is 5.90. The predicted molar refractivity (Wildman–Crippen MR) is 64.5 cm³/mol. The fourth-order valence-electron chi connectivity index (χ4n) is 2.60. The Morgan fingerprint density at radius 3 is 2.47 bits per heavy atom. The van der Waals surface area contributed by atoms with Gasteiger partial charge in [0.05, 0.1) is 18.1 Å². The van der Waals surface area contributed by atoms with Gasteiger partial charge in [-0.05, 0) is 25.2 Å². The summed E-state index contributed by atoms with van der Waals surface area (Å²) in [5, 5.41) is 0.205. The summed E-state index contributed by atoms with van der Waals surface area (Å²) in [7, 11) is 0. The van der Waals surface area contributed by atoms with E-state index in [1.165, 1.54) is 0 Å². The lowest BCUT2D eigenvalue weighted by molar-refractivity contribution is -0.115. The summed E-state index contributed by atoms with van der Waals surface area (Å²) < 4.78 is 5.53. The highest BCUT2D eigenvalue weighted by Gasteiger charge is 2.37. The van der Waals surface area contributed by atoms with Gasteiger partial charge < -0.3 is 4.18 Å². The van der Waals surface area contributed by atoms with Crippen LogP contribution in [0.15, 0.2) is 0 Å². The molecule has 0 aromatic rings. The molecule has 0 spiro atoms. The van der Waals surface area contributed by atoms with Gasteiger partial charge in [0.15, 0.2) is 0 Å². The number of carbonyl (C=O) groups is 1. The lowest BCUT2D eigenvalue weighted by Crippen LogP contribution is -2.29. The molecule has 15 heavy (non-hydrogen) atoms. The minimum absolute atomic E-state index is 0.143. The van der Waals surface area contributed by atoms with Crippen LogP contribution in [0.5, 0.6) is 0 Å². The Balaban J connectivity index is 2.83. The van der Waals surface area contributed by atoms with Crippen LogP contribution in [-0.4, -0.2) is 11.2 Å². The molecular weight excluding hydrogens is 208 g/mol. The largest absolute Gasteiger partial charge is 0.305 e. The number of hydrogen-bond acceptors (Lipinski definition) is 3. The standard InChI is InChI=1S/C12H22O2S/c1-5-7-11-8(3)12(13)15-14-9(4)10(11)6-2/h8-11H,5-7H2,1-4H3. The Morgan fingerprint density at radius 2 is 1.93 bits per heavy atom. The van der Waals surface area contributed by atoms with Crippen LogP contribution >= 0.6 is 12.0 Å². The summed E-state index contributed by atoms with van der Waals surface area (Å²) in [5.74, 6) is 1.17. The highest BCUT2D eigenvalue weighted by molar-refractivity contribution is 8.09. The Bertz CT molecular complexity index is 218. The van der Waals surface area contributed by atoms with Crippen LogP contribution < -0.4 is 0 Å². The summed E-state index contributed by atoms with van der Waals surface area (Å²) in [6.07, 6.45) is 3.59. The molecule has 2 nitrogen and oxygen atoms in total. The monoisotopic (exact) mass is 230 g/mol. The van der Waals surface area contributed by atoms with Crippen molar-refractivity contribution in [1.29, 1.82) is 0 Å². The maximum Gasteiger partial charge on any atom is 0.218 e. The van der Waals surface area contributed by atoms with Gasteiger partial charge >= 0.3 is 0 Å². The Morgan fingerprint density at radius 1 is 1.27 bits per heavy atom. The SMILES string of the molecule is CCCC1C(C)C(=O)SOC(C)C1CC. The van der Waals surface area contributed by atoms with Gasteiger partial charge in [0.2, 0.25) is 5.12 Å². The second-order valence-corrected chi connectivity index (χ2v) is 5.28. The molecule has 0 aromatic heterocycles. The van der Waals surface area contributed by atoms with E-state index >= 15 is 0 Å². The first kappa shape index (κ1) is 13.0. The normalized spacial score (nSPS) is 37.7. The van der Waals surface area contributed by atoms with Gasteiger partial charge in [-0.15, -0.1) is 0 Å². The van der Waals surface area contributed by atoms with Crippen molar-refractivity contribution in [3.63, 3.8) is 0 Å². The van der Waals surface area contributed by atoms with E-state index in [1.807, 2.05) is 0 Å². The van der Waals surface area contributed by atoms with E-state index < -0.39 is 0 Å². The topological polar surface area (TPSA) is 26.3 Å². The van der Waals surface area contributed by atoms with Crippen molar-refractivity contribution in [2.45, 2.75) is 53.1 Å². The zero-order valence-corrected chi connectivity index (χ0v) is 11.0. The molecule has 0 amide bonds. The third-order valence-electron chi connectivity index (χ3n) is 3.54. The summed E-state index contributed by atoms with van der Waals surface area (Å²) in [4.78, 5) is 11.7. The second-order valence-electron chi connectivity index (χ2n) is 4.52. The average Bonchev–Trinajstić information content (AvgIpc) is 2.32. The van der Waals surface area contributed by atoms with Crippen LogP contribution in [0.25, 0.3) is 0 Å². The number of rotatable bonds is 3. The smallest absolute Gasteiger partial charge is 0.218 e. The molecular formula is C12H22O2S. The predicted octanol–water partition coefficient (Wildman–Crippen LogP) is 3.66. The molecule has 1 fully saturated rings. The Hall–Kier alpha value is -0.0200. The first-order valence-corrected chi connectivity index (χ1v) is 6.73. The number of carbonyl (C=O) groups excluding carboxylic acids is 1. The lowest BCUT2D eigenvalue weighted by Gasteiger charge is -2.29. The molecule has 1 saturated heterocycles. The Kier molecular flexibility index (Phi) is 5.13. The van der Waals surface area contributed by atoms with Gasteiger partial charge in [-0.1, -0.05) is 33.6 Å². The summed E-state index contributed by atoms with van der Waals surface area (Å²) in [6, 6.07) is 0. The van der Waals surface area contributed by atoms with Crippen molar-refractivity contribution in [3.05, 3.63) is 0 Å². The van der Waals surface area contributed by atoms with Crippen molar-refractivity contribution >= 4 is 17.2 Å². The van der Waals surface area contributed by atoms with E-state index in [4.69, 9.17) is 4.18 Å². The zero-order valence-electron chi connectivity index (χ0n) is 10.2. The lowest BCUT2D eigenvalue weighted by atomic mass is 9.76. The van der Waals surface area contributed by atoms with Gasteiger partial charge in [-0.2, -0.15) is 0 Å². The van der Waals surface area contributed by atoms with Crippen molar-refractivity contribution in [2.24, 2.45) is 17.8 Å². The quantitative estimate of drug-likeness (QED) is 0.692. The fourth-order valence-corrected chi connectivity index (χ4v) is 3.31. The molecule has 0 bridgehead atoms. The van der Waals surface area contributed by atoms with Crippen molar-refractivity contribution in [3.8, 4) is 0 Å². The average molecular weight is 230 g/mol. The maximum atomic E-state index is 11.7. The molecule has 0 saturated carbocycles. The van der Waals surface area contributed by atoms with Gasteiger partial charge in [0.25, 0.3) is 0 Å². The zero-order chi connectivity index (χ0) is 11.4. The van der Waals surface area contributed by atoms with Gasteiger partial charge in [0, 0.05) is 5.92 Å². The maximum absolute atomic E-state index is 11.7. The molecule has 0 radical (unpaired) electrons. The fraction of sp³-hybridized carbons (Fsp3) is 0.917. The van der Waals surface area contributed by atoms with Crippen LogP contribution in [0.2, 0.25) is 0 Å². The highest BCUT2D eigenvalue weighted by Crippen LogP contribution is 2.39. The van der Waals surface area contributed by atoms with E-state index in [0.717, 1.165) is 31.3 Å². The minimum Gasteiger partial charge on any atom is -0.305 e. The van der Waals surface area contributed by atoms with Crippen molar-refractivity contribution in [2.75, 3.05) is 0 Å². The number of hydrogen-bond donors (Lipinski definition) is 0. The van der Waals surface area contributed by atoms with Crippen LogP contribution in [0, 0.1) is 17.8 Å². The molecule has 1 aliphatic heterocycles. The Labute approximate surface area is 97.4 Å². The highest BCUT2D eigenvalue weighted by atomic mass is 32.2. The van der Waals surface area contributed by atoms with Gasteiger partial charge in [-0.25, -0.2) is 0 Å². The van der Waals surface area contributed by atoms with E-state index in [2.05, 4.69) is 27.7 Å². The summed E-state index contributed by atoms with van der Waals surface area (Å²) >= 11 is 1.06. The van der Waals surface area contributed by atoms with Gasteiger partial charge in [-0.3, -0.25) is 4.79 Å². The van der Waals surface area contributed by atoms with Crippen LogP contribution in [0.4, 0.5) is 0 Å². The molecule has 3 heteroatoms. The van der Waals surface area contributed by atoms with Gasteiger partial charge in [0.1, 0.15) is 0 Å². The molecule has 4 atom stereocenters. The molecule has 0 aliphatic carbocycles. The van der Waals surface area contributed by atoms with Crippen LogP contribution in [0.1, 0.15) is 47.0 Å². The van der Waals surface area contributed by atoms with E-state index in [0.29, 0.717) is 11.8 Å². The van der Waals surface area contributed by atoms with Crippen molar-refractivity contribution in [1.82, 2.24) is 0 Å². The third kappa shape index (κ3) is 2.97. The molecule has 1 heterocycles. The van der Waals surface area contributed by atoms with Crippen LogP contribution in [0.3, 0.4) is 0 Å². The third-order valence-corrected chi connectivity index (χ3v) is 4.48. The molecule has 0 N–H and O–H groups in total. The first-order chi connectivity index (χ1) is 7.11. The van der Waals surface area contributed by atoms with E-state index in [-0.39, 0.29) is 17.1 Å². The van der Waals surface area contributed by atoms with E-state index in [9.17, 15) is 4.79 Å². The van der Waals surface area contributed by atoms with Crippen LogP contribution in [-0.2, 0) is 8.98 Å². The summed E-state index contributed by atoms with van der Waals surface area (Å²) in [6.45, 7) is 8.53. The minimum atomic E-state index is 0.143. The van der Waals surface area contributed by atoms with Crippen molar-refractivity contribution < 1.29 is 8.98 Å². The molecule has 88 valence electrons. The summed E-state index contributed by atoms with van der Waals surface area (Å²) in [5.41, 5.74) is 0. The molecule has 0 aromatic carbocycles.